The molecule has 3 heteroatoms. The third kappa shape index (κ3) is 2.79. The fraction of sp³-hybridized carbons (Fsp3) is 0.389. The van der Waals surface area contributed by atoms with E-state index in [1.165, 1.54) is 12.8 Å². The molecule has 1 aliphatic heterocycles. The number of hydrogen-bond donors (Lipinski definition) is 1. The molecule has 1 unspecified atom stereocenters. The number of piperidine rings is 1. The van der Waals surface area contributed by atoms with Gasteiger partial charge in [0.1, 0.15) is 0 Å². The summed E-state index contributed by atoms with van der Waals surface area (Å²) in [5, 5.41) is 11.8. The summed E-state index contributed by atoms with van der Waals surface area (Å²) in [6, 6.07) is 12.4. The second kappa shape index (κ2) is 5.86. The first kappa shape index (κ1) is 14.1. The number of nitrogens with zero attached hydrogens (tertiary/aromatic N) is 1. The molecular weight excluding hydrogens is 262 g/mol. The van der Waals surface area contributed by atoms with E-state index in [4.69, 9.17) is 0 Å². The normalized spacial score (nSPS) is 19.0. The van der Waals surface area contributed by atoms with Crippen molar-refractivity contribution in [3.05, 3.63) is 42.0 Å². The van der Waals surface area contributed by atoms with E-state index in [1.807, 2.05) is 18.2 Å². The zero-order chi connectivity index (χ0) is 14.8. The van der Waals surface area contributed by atoms with Gasteiger partial charge < -0.3 is 10.0 Å². The summed E-state index contributed by atoms with van der Waals surface area (Å²) in [7, 11) is 0. The van der Waals surface area contributed by atoms with Crippen molar-refractivity contribution >= 4 is 22.2 Å². The van der Waals surface area contributed by atoms with E-state index in [2.05, 4.69) is 23.1 Å². The number of anilines is 1. The van der Waals surface area contributed by atoms with Crippen molar-refractivity contribution in [1.29, 1.82) is 0 Å². The van der Waals surface area contributed by atoms with E-state index in [1.54, 1.807) is 6.92 Å². The molecule has 0 amide bonds. The van der Waals surface area contributed by atoms with Gasteiger partial charge in [-0.3, -0.25) is 4.79 Å². The van der Waals surface area contributed by atoms with E-state index in [9.17, 15) is 9.90 Å². The van der Waals surface area contributed by atoms with Crippen molar-refractivity contribution < 1.29 is 9.90 Å². The minimum atomic E-state index is 0.0948. The van der Waals surface area contributed by atoms with Crippen LogP contribution in [0.3, 0.4) is 0 Å². The summed E-state index contributed by atoms with van der Waals surface area (Å²) in [5.74, 6) is 0.0948. The first-order valence-electron chi connectivity index (χ1n) is 7.61. The first-order valence-corrected chi connectivity index (χ1v) is 7.61. The monoisotopic (exact) mass is 283 g/mol. The Hall–Kier alpha value is -1.87. The summed E-state index contributed by atoms with van der Waals surface area (Å²) < 4.78 is 0. The number of aliphatic hydroxyl groups is 1. The maximum absolute atomic E-state index is 11.4. The average molecular weight is 283 g/mol. The molecular formula is C18H21NO2. The van der Waals surface area contributed by atoms with Crippen LogP contribution in [0.4, 0.5) is 5.69 Å². The number of benzene rings is 2. The highest BCUT2D eigenvalue weighted by atomic mass is 16.3. The first-order chi connectivity index (χ1) is 10.2. The number of aliphatic hydroxyl groups excluding tert-OH is 1. The van der Waals surface area contributed by atoms with Crippen LogP contribution in [-0.2, 0) is 0 Å². The molecule has 3 rings (SSSR count). The van der Waals surface area contributed by atoms with Crippen molar-refractivity contribution in [3.8, 4) is 0 Å². The van der Waals surface area contributed by atoms with Gasteiger partial charge in [0, 0.05) is 17.8 Å². The standard InChI is InChI=1S/C18H21NO2/c1-13(21)14-5-6-16-11-17(8-7-15(16)10-14)19-9-3-2-4-18(19)12-20/h5-8,10-11,18,20H,2-4,9,12H2,1H3. The van der Waals surface area contributed by atoms with Crippen LogP contribution in [0.15, 0.2) is 36.4 Å². The van der Waals surface area contributed by atoms with Crippen LogP contribution in [0.5, 0.6) is 0 Å². The number of rotatable bonds is 3. The third-order valence-corrected chi connectivity index (χ3v) is 4.40. The maximum Gasteiger partial charge on any atom is 0.159 e. The van der Waals surface area contributed by atoms with E-state index in [0.29, 0.717) is 0 Å². The van der Waals surface area contributed by atoms with Gasteiger partial charge in [0.25, 0.3) is 0 Å². The Bertz CT molecular complexity index is 665. The molecule has 1 fully saturated rings. The minimum absolute atomic E-state index is 0.0948. The predicted octanol–water partition coefficient (Wildman–Crippen LogP) is 3.39. The van der Waals surface area contributed by atoms with Crippen molar-refractivity contribution in [2.45, 2.75) is 32.2 Å². The molecule has 0 aliphatic carbocycles. The van der Waals surface area contributed by atoms with E-state index in [-0.39, 0.29) is 18.4 Å². The van der Waals surface area contributed by atoms with E-state index < -0.39 is 0 Å². The zero-order valence-corrected chi connectivity index (χ0v) is 12.4. The van der Waals surface area contributed by atoms with Crippen LogP contribution in [-0.4, -0.2) is 30.1 Å². The van der Waals surface area contributed by atoms with Gasteiger partial charge in [-0.2, -0.15) is 0 Å². The second-order valence-electron chi connectivity index (χ2n) is 5.83. The molecule has 1 saturated heterocycles. The molecule has 0 saturated carbocycles. The number of carbonyl (C=O) groups excluding carboxylic acids is 1. The highest BCUT2D eigenvalue weighted by molar-refractivity contribution is 5.99. The van der Waals surface area contributed by atoms with Crippen molar-refractivity contribution in [3.63, 3.8) is 0 Å². The fourth-order valence-electron chi connectivity index (χ4n) is 3.16. The Morgan fingerprint density at radius 3 is 2.71 bits per heavy atom. The molecule has 1 N–H and O–H groups in total. The molecule has 0 bridgehead atoms. The van der Waals surface area contributed by atoms with Crippen LogP contribution >= 0.6 is 0 Å². The number of Topliss-reactive ketones (excluding diaryl/α,β-unsaturated/α-hetero) is 1. The van der Waals surface area contributed by atoms with Gasteiger partial charge in [-0.05, 0) is 55.2 Å². The van der Waals surface area contributed by atoms with Gasteiger partial charge in [-0.25, -0.2) is 0 Å². The Morgan fingerprint density at radius 2 is 1.95 bits per heavy atom. The van der Waals surface area contributed by atoms with Gasteiger partial charge in [0.15, 0.2) is 5.78 Å². The summed E-state index contributed by atoms with van der Waals surface area (Å²) in [6.45, 7) is 2.80. The molecule has 1 aliphatic rings. The molecule has 1 atom stereocenters. The highest BCUT2D eigenvalue weighted by Gasteiger charge is 2.21. The summed E-state index contributed by atoms with van der Waals surface area (Å²) >= 11 is 0. The molecule has 3 nitrogen and oxygen atoms in total. The molecule has 0 spiro atoms. The van der Waals surface area contributed by atoms with Crippen LogP contribution in [0, 0.1) is 0 Å². The van der Waals surface area contributed by atoms with Crippen LogP contribution in [0.1, 0.15) is 36.5 Å². The number of hydrogen-bond acceptors (Lipinski definition) is 3. The lowest BCUT2D eigenvalue weighted by molar-refractivity contribution is 0.101. The highest BCUT2D eigenvalue weighted by Crippen LogP contribution is 2.28. The molecule has 2 aromatic rings. The quantitative estimate of drug-likeness (QED) is 0.878. The Morgan fingerprint density at radius 1 is 1.19 bits per heavy atom. The van der Waals surface area contributed by atoms with Crippen LogP contribution < -0.4 is 4.90 Å². The van der Waals surface area contributed by atoms with E-state index in [0.717, 1.165) is 35.0 Å². The lowest BCUT2D eigenvalue weighted by Crippen LogP contribution is -2.41. The molecule has 110 valence electrons. The summed E-state index contributed by atoms with van der Waals surface area (Å²) in [5.41, 5.74) is 1.92. The largest absolute Gasteiger partial charge is 0.394 e. The Labute approximate surface area is 125 Å². The zero-order valence-electron chi connectivity index (χ0n) is 12.4. The van der Waals surface area contributed by atoms with Crippen LogP contribution in [0.25, 0.3) is 10.8 Å². The molecule has 1 heterocycles. The topological polar surface area (TPSA) is 40.5 Å². The van der Waals surface area contributed by atoms with Crippen molar-refractivity contribution in [1.82, 2.24) is 0 Å². The Kier molecular flexibility index (Phi) is 3.93. The van der Waals surface area contributed by atoms with Gasteiger partial charge in [0.2, 0.25) is 0 Å². The Balaban J connectivity index is 1.97. The minimum Gasteiger partial charge on any atom is -0.394 e. The maximum atomic E-state index is 11.4. The molecule has 21 heavy (non-hydrogen) atoms. The van der Waals surface area contributed by atoms with Crippen molar-refractivity contribution in [2.75, 3.05) is 18.1 Å². The molecule has 0 aromatic heterocycles. The second-order valence-corrected chi connectivity index (χ2v) is 5.83. The number of fused-ring (bicyclic) bond motifs is 1. The van der Waals surface area contributed by atoms with Crippen LogP contribution in [0.2, 0.25) is 0 Å². The van der Waals surface area contributed by atoms with E-state index >= 15 is 0 Å². The predicted molar refractivity (Wildman–Crippen MR) is 86.0 cm³/mol. The van der Waals surface area contributed by atoms with Crippen molar-refractivity contribution in [2.24, 2.45) is 0 Å². The molecule has 0 radical (unpaired) electrons. The lowest BCUT2D eigenvalue weighted by Gasteiger charge is -2.36. The summed E-state index contributed by atoms with van der Waals surface area (Å²) in [4.78, 5) is 13.8. The average Bonchev–Trinajstić information content (AvgIpc) is 2.53. The fourth-order valence-corrected chi connectivity index (χ4v) is 3.16. The van der Waals surface area contributed by atoms with Gasteiger partial charge in [-0.15, -0.1) is 0 Å². The summed E-state index contributed by atoms with van der Waals surface area (Å²) in [6.07, 6.45) is 3.42. The SMILES string of the molecule is CC(=O)c1ccc2cc(N3CCCCC3CO)ccc2c1. The number of carbonyl (C=O) groups is 1. The smallest absolute Gasteiger partial charge is 0.159 e. The van der Waals surface area contributed by atoms with Gasteiger partial charge in [0.05, 0.1) is 12.6 Å². The van der Waals surface area contributed by atoms with Gasteiger partial charge in [-0.1, -0.05) is 18.2 Å². The molecule has 2 aromatic carbocycles. The third-order valence-electron chi connectivity index (χ3n) is 4.40. The lowest BCUT2D eigenvalue weighted by atomic mass is 10.00. The number of ketones is 1. The van der Waals surface area contributed by atoms with Gasteiger partial charge >= 0.3 is 0 Å².